The topological polar surface area (TPSA) is 361 Å². The Morgan fingerprint density at radius 2 is 1.41 bits per heavy atom. The van der Waals surface area contributed by atoms with Crippen molar-refractivity contribution in [1.82, 2.24) is 5.32 Å². The first-order chi connectivity index (χ1) is 31.2. The molecule has 5 N–H and O–H groups in total. The number of allylic oxidation sites excluding steroid dienone is 6. The quantitative estimate of drug-likeness (QED) is 0.0459. The molecule has 1 unspecified atom stereocenters. The van der Waals surface area contributed by atoms with Crippen LogP contribution in [0.15, 0.2) is 66.4 Å². The van der Waals surface area contributed by atoms with Crippen molar-refractivity contribution >= 4 is 85.8 Å². The molecular formula is C42H57N3O19S5. The van der Waals surface area contributed by atoms with Crippen molar-refractivity contribution in [3.05, 3.63) is 94.2 Å². The Labute approximate surface area is 404 Å². The molecule has 27 heteroatoms. The van der Waals surface area contributed by atoms with Gasteiger partial charge in [0, 0.05) is 77.3 Å². The molecule has 0 radical (unpaired) electrons. The fraction of sp³-hybridized carbons (Fsp3) is 0.476. The van der Waals surface area contributed by atoms with Crippen LogP contribution in [0.1, 0.15) is 116 Å². The molecule has 4 rings (SSSR count). The van der Waals surface area contributed by atoms with Crippen LogP contribution in [0.4, 0.5) is 11.4 Å². The van der Waals surface area contributed by atoms with E-state index in [1.54, 1.807) is 79.7 Å². The van der Waals surface area contributed by atoms with Crippen molar-refractivity contribution in [2.75, 3.05) is 47.5 Å². The van der Waals surface area contributed by atoms with Crippen LogP contribution >= 0.6 is 0 Å². The highest BCUT2D eigenvalue weighted by atomic mass is 32.2. The molecule has 2 aromatic rings. The summed E-state index contributed by atoms with van der Waals surface area (Å²) in [5.74, 6) is -5.26. The molecule has 2 aliphatic rings. The summed E-state index contributed by atoms with van der Waals surface area (Å²) in [6, 6.07) is 7.54. The van der Waals surface area contributed by atoms with E-state index in [-0.39, 0.29) is 86.3 Å². The normalized spacial score (nSPS) is 17.3. The van der Waals surface area contributed by atoms with Crippen molar-refractivity contribution in [2.24, 2.45) is 0 Å². The summed E-state index contributed by atoms with van der Waals surface area (Å²) in [7, 11) is -21.1. The second kappa shape index (κ2) is 24.2. The SMILES string of the molecule is C.CCCC(=O)c1cc(C(=O)NCCS(=O)(=O)O)c2c(c1)N(CCCS(=O)(=O)[O-])C(=CC=CC=CC1=[N+](CCCS(=O)(=O)O)c3cccc(C(=O)O)c3C1(C)C)C2(C)CCCS(=O)(=O)O.O=S(=O)=O. The van der Waals surface area contributed by atoms with Crippen LogP contribution in [0.5, 0.6) is 0 Å². The number of nitrogens with zero attached hydrogens (tertiary/aromatic N) is 2. The zero-order valence-electron chi connectivity index (χ0n) is 37.3. The zero-order valence-corrected chi connectivity index (χ0v) is 41.4. The zero-order chi connectivity index (χ0) is 51.6. The number of hydrogen-bond acceptors (Lipinski definition) is 16. The number of carbonyl (C=O) groups is 3. The monoisotopic (exact) mass is 1070 g/mol. The number of Topliss-reactive ketones (excluding diaryl/α,β-unsaturated/α-hetero) is 1. The summed E-state index contributed by atoms with van der Waals surface area (Å²) in [5, 5.41) is 12.5. The summed E-state index contributed by atoms with van der Waals surface area (Å²) in [5.41, 5.74) is 0.184. The van der Waals surface area contributed by atoms with Crippen LogP contribution in [0.3, 0.4) is 0 Å². The predicted molar refractivity (Wildman–Crippen MR) is 254 cm³/mol. The number of amides is 1. The van der Waals surface area contributed by atoms with Gasteiger partial charge >= 0.3 is 16.6 Å². The van der Waals surface area contributed by atoms with Gasteiger partial charge in [0.1, 0.15) is 6.54 Å². The number of carbonyl (C=O) groups excluding carboxylic acids is 2. The Balaban J connectivity index is 0.00000314. The van der Waals surface area contributed by atoms with E-state index >= 15 is 0 Å². The van der Waals surface area contributed by atoms with E-state index in [9.17, 15) is 71.4 Å². The van der Waals surface area contributed by atoms with Gasteiger partial charge in [-0.25, -0.2) is 13.2 Å². The molecule has 0 fully saturated rings. The number of nitrogens with one attached hydrogen (secondary N) is 1. The van der Waals surface area contributed by atoms with E-state index in [4.69, 9.17) is 12.6 Å². The highest BCUT2D eigenvalue weighted by Crippen LogP contribution is 2.53. The fourth-order valence-electron chi connectivity index (χ4n) is 8.35. The molecule has 2 aliphatic heterocycles. The highest BCUT2D eigenvalue weighted by Gasteiger charge is 2.48. The predicted octanol–water partition coefficient (Wildman–Crippen LogP) is 3.65. The van der Waals surface area contributed by atoms with Gasteiger partial charge in [-0.15, -0.1) is 12.6 Å². The molecular weight excluding hydrogens is 1010 g/mol. The molecule has 0 bridgehead atoms. The third-order valence-electron chi connectivity index (χ3n) is 11.0. The summed E-state index contributed by atoms with van der Waals surface area (Å²) in [4.78, 5) is 41.3. The number of carboxylic acid groups (broad SMARTS) is 1. The number of hydrogen-bond donors (Lipinski definition) is 5. The first-order valence-electron chi connectivity index (χ1n) is 20.6. The number of anilines is 1. The van der Waals surface area contributed by atoms with E-state index in [2.05, 4.69) is 5.32 Å². The second-order valence-electron chi connectivity index (χ2n) is 16.4. The first kappa shape index (κ1) is 60.1. The Kier molecular flexibility index (Phi) is 21.1. The van der Waals surface area contributed by atoms with Gasteiger partial charge in [-0.1, -0.05) is 38.6 Å². The standard InChI is InChI=1S/C41H53N3O16S4.CH4.O3S/c1-5-13-33(45)28-26-30(38(46)42-19-25-64(58,59)60)37-32(27-28)44(21-12-24-63(55,56)57)35(41(37,4)18-10-22-61(49,50)51)17-8-6-7-16-34-40(2,3)36-29(39(47)48)14-9-15-31(36)43(34)20-11-23-62(52,53)54;;1-4(2)3/h6-9,14-17,26-27H,5,10-13,18-25H2,1-4H3,(H5-,42,46,47,48,49,50,51,52,53,54,55,56,57,58,59,60);1H4;. The number of benzene rings is 2. The van der Waals surface area contributed by atoms with Crippen LogP contribution in [0.2, 0.25) is 0 Å². The fourth-order valence-corrected chi connectivity index (χ4v) is 10.2. The van der Waals surface area contributed by atoms with Crippen molar-refractivity contribution in [1.29, 1.82) is 0 Å². The first-order valence-corrected chi connectivity index (χ1v) is 28.0. The van der Waals surface area contributed by atoms with E-state index in [0.717, 1.165) is 0 Å². The van der Waals surface area contributed by atoms with Gasteiger partial charge < -0.3 is 19.9 Å². The van der Waals surface area contributed by atoms with Crippen LogP contribution in [-0.2, 0) is 61.9 Å². The maximum atomic E-state index is 14.0. The molecule has 2 heterocycles. The molecule has 1 atom stereocenters. The minimum Gasteiger partial charge on any atom is -0.748 e. The maximum absolute atomic E-state index is 14.0. The third-order valence-corrected chi connectivity index (χ3v) is 14.1. The molecule has 0 spiro atoms. The summed E-state index contributed by atoms with van der Waals surface area (Å²) in [6.45, 7) is 6.44. The lowest BCUT2D eigenvalue weighted by Crippen LogP contribution is -2.33. The van der Waals surface area contributed by atoms with Crippen LogP contribution in [-0.4, -0.2) is 140 Å². The van der Waals surface area contributed by atoms with Crippen molar-refractivity contribution in [3.63, 3.8) is 0 Å². The van der Waals surface area contributed by atoms with E-state index in [1.807, 2.05) is 0 Å². The largest absolute Gasteiger partial charge is 0.748 e. The number of carboxylic acids is 1. The molecule has 0 aromatic heterocycles. The molecule has 0 saturated heterocycles. The number of ketones is 1. The molecule has 2 aromatic carbocycles. The summed E-state index contributed by atoms with van der Waals surface area (Å²) in [6.07, 6.45) is 8.12. The van der Waals surface area contributed by atoms with E-state index in [1.165, 1.54) is 18.2 Å². The van der Waals surface area contributed by atoms with Gasteiger partial charge in [-0.3, -0.25) is 23.2 Å². The number of fused-ring (bicyclic) bond motifs is 2. The highest BCUT2D eigenvalue weighted by molar-refractivity contribution is 7.86. The molecule has 384 valence electrons. The van der Waals surface area contributed by atoms with Crippen LogP contribution < -0.4 is 10.2 Å². The van der Waals surface area contributed by atoms with Crippen molar-refractivity contribution in [2.45, 2.75) is 84.5 Å². The van der Waals surface area contributed by atoms with Crippen molar-refractivity contribution < 1.29 is 88.6 Å². The minimum absolute atomic E-state index is 0. The lowest BCUT2D eigenvalue weighted by atomic mass is 9.75. The van der Waals surface area contributed by atoms with Gasteiger partial charge in [0.05, 0.1) is 43.9 Å². The molecule has 22 nitrogen and oxygen atoms in total. The molecule has 69 heavy (non-hydrogen) atoms. The third kappa shape index (κ3) is 17.1. The van der Waals surface area contributed by atoms with Gasteiger partial charge in [0.2, 0.25) is 5.69 Å². The van der Waals surface area contributed by atoms with Gasteiger partial charge in [0.15, 0.2) is 11.5 Å². The average molecular weight is 1070 g/mol. The Hall–Kier alpha value is -5.00. The number of rotatable bonds is 23. The Morgan fingerprint density at radius 3 is 1.96 bits per heavy atom. The van der Waals surface area contributed by atoms with Gasteiger partial charge in [-0.2, -0.15) is 29.8 Å². The lowest BCUT2D eigenvalue weighted by Gasteiger charge is -2.31. The lowest BCUT2D eigenvalue weighted by molar-refractivity contribution is -0.437. The smallest absolute Gasteiger partial charge is 0.425 e. The van der Waals surface area contributed by atoms with Crippen LogP contribution in [0, 0.1) is 0 Å². The Bertz CT molecular complexity index is 2990. The van der Waals surface area contributed by atoms with E-state index < -0.39 is 103 Å². The van der Waals surface area contributed by atoms with Crippen molar-refractivity contribution in [3.8, 4) is 0 Å². The number of aromatic carboxylic acids is 1. The molecule has 1 amide bonds. The van der Waals surface area contributed by atoms with Gasteiger partial charge in [-0.05, 0) is 70.7 Å². The van der Waals surface area contributed by atoms with Gasteiger partial charge in [0.25, 0.3) is 36.3 Å². The average Bonchev–Trinajstić information content (AvgIpc) is 3.54. The summed E-state index contributed by atoms with van der Waals surface area (Å²) >= 11 is 0. The van der Waals surface area contributed by atoms with Crippen LogP contribution in [0.25, 0.3) is 0 Å². The maximum Gasteiger partial charge on any atom is 0.425 e. The van der Waals surface area contributed by atoms with E-state index in [0.29, 0.717) is 29.1 Å². The minimum atomic E-state index is -4.71. The summed E-state index contributed by atoms with van der Waals surface area (Å²) < 4.78 is 161. The Morgan fingerprint density at radius 1 is 0.812 bits per heavy atom. The second-order valence-corrected chi connectivity index (χ2v) is 23.1. The molecule has 0 saturated carbocycles. The molecule has 0 aliphatic carbocycles.